The Bertz CT molecular complexity index is 280. The van der Waals surface area contributed by atoms with E-state index in [1.165, 1.54) is 11.3 Å². The summed E-state index contributed by atoms with van der Waals surface area (Å²) in [6.45, 7) is 0. The van der Waals surface area contributed by atoms with Gasteiger partial charge in [-0.25, -0.2) is 0 Å². The molecule has 0 aliphatic carbocycles. The average Bonchev–Trinajstić information content (AvgIpc) is 2.37. The van der Waals surface area contributed by atoms with Crippen molar-refractivity contribution in [1.82, 2.24) is 0 Å². The molecule has 1 heterocycles. The maximum atomic E-state index is 5.71. The highest BCUT2D eigenvalue weighted by molar-refractivity contribution is 7.80. The Morgan fingerprint density at radius 1 is 1.55 bits per heavy atom. The number of thiol groups is 1. The van der Waals surface area contributed by atoms with Crippen LogP contribution >= 0.6 is 35.6 Å². The molecule has 0 amide bonds. The smallest absolute Gasteiger partial charge is 0.0941 e. The summed E-state index contributed by atoms with van der Waals surface area (Å²) in [5, 5.41) is 0. The molecule has 11 heavy (non-hydrogen) atoms. The summed E-state index contributed by atoms with van der Waals surface area (Å²) < 4.78 is 0.792. The van der Waals surface area contributed by atoms with E-state index in [1.54, 1.807) is 0 Å². The van der Waals surface area contributed by atoms with E-state index in [-0.39, 0.29) is 0 Å². The summed E-state index contributed by atoms with van der Waals surface area (Å²) in [6, 6.07) is 3.79. The standard InChI is InChI=1S/C8H7ClS2/c9-8-5-4-7(11-8)3-1-2-6-10/h4-5,10H,2,6H2. The third-order valence-electron chi connectivity index (χ3n) is 1.02. The molecule has 0 aromatic carbocycles. The van der Waals surface area contributed by atoms with Gasteiger partial charge in [0.1, 0.15) is 0 Å². The zero-order valence-electron chi connectivity index (χ0n) is 5.80. The molecule has 58 valence electrons. The number of hydrogen-bond donors (Lipinski definition) is 1. The molecule has 1 aromatic heterocycles. The first-order chi connectivity index (χ1) is 5.33. The minimum Gasteiger partial charge on any atom is -0.178 e. The molecule has 0 aliphatic rings. The van der Waals surface area contributed by atoms with E-state index in [0.29, 0.717) is 0 Å². The van der Waals surface area contributed by atoms with Crippen molar-refractivity contribution in [3.63, 3.8) is 0 Å². The first-order valence-corrected chi connectivity index (χ1v) is 5.00. The lowest BCUT2D eigenvalue weighted by Crippen LogP contribution is -1.66. The minimum absolute atomic E-state index is 0.792. The Morgan fingerprint density at radius 2 is 2.36 bits per heavy atom. The van der Waals surface area contributed by atoms with Gasteiger partial charge < -0.3 is 0 Å². The first-order valence-electron chi connectivity index (χ1n) is 3.18. The number of rotatable bonds is 1. The van der Waals surface area contributed by atoms with Gasteiger partial charge in [0.2, 0.25) is 0 Å². The molecule has 0 aliphatic heterocycles. The van der Waals surface area contributed by atoms with E-state index in [0.717, 1.165) is 21.4 Å². The molecule has 1 aromatic rings. The highest BCUT2D eigenvalue weighted by Crippen LogP contribution is 2.20. The van der Waals surface area contributed by atoms with E-state index in [9.17, 15) is 0 Å². The van der Waals surface area contributed by atoms with Crippen molar-refractivity contribution in [2.45, 2.75) is 6.42 Å². The van der Waals surface area contributed by atoms with Crippen LogP contribution in [-0.2, 0) is 0 Å². The maximum Gasteiger partial charge on any atom is 0.0941 e. The quantitative estimate of drug-likeness (QED) is 0.525. The van der Waals surface area contributed by atoms with Gasteiger partial charge in [-0.1, -0.05) is 23.4 Å². The fourth-order valence-corrected chi connectivity index (χ4v) is 1.62. The van der Waals surface area contributed by atoms with Crippen molar-refractivity contribution in [2.75, 3.05) is 5.75 Å². The van der Waals surface area contributed by atoms with Crippen molar-refractivity contribution < 1.29 is 0 Å². The van der Waals surface area contributed by atoms with Gasteiger partial charge in [0.05, 0.1) is 9.21 Å². The molecule has 0 nitrogen and oxygen atoms in total. The Balaban J connectivity index is 2.59. The predicted molar refractivity (Wildman–Crippen MR) is 54.7 cm³/mol. The van der Waals surface area contributed by atoms with Crippen LogP contribution < -0.4 is 0 Å². The van der Waals surface area contributed by atoms with Gasteiger partial charge in [0.25, 0.3) is 0 Å². The minimum atomic E-state index is 0.792. The van der Waals surface area contributed by atoms with Crippen LogP contribution in [0.5, 0.6) is 0 Å². The second-order valence-corrected chi connectivity index (χ2v) is 4.04. The van der Waals surface area contributed by atoms with E-state index >= 15 is 0 Å². The number of halogens is 1. The van der Waals surface area contributed by atoms with Crippen LogP contribution in [0.1, 0.15) is 11.3 Å². The lowest BCUT2D eigenvalue weighted by molar-refractivity contribution is 1.31. The van der Waals surface area contributed by atoms with E-state index < -0.39 is 0 Å². The molecule has 0 saturated carbocycles. The summed E-state index contributed by atoms with van der Waals surface area (Å²) in [5.41, 5.74) is 0. The van der Waals surface area contributed by atoms with E-state index in [4.69, 9.17) is 11.6 Å². The van der Waals surface area contributed by atoms with Gasteiger partial charge in [0.15, 0.2) is 0 Å². The molecule has 0 atom stereocenters. The lowest BCUT2D eigenvalue weighted by atomic mass is 10.4. The van der Waals surface area contributed by atoms with E-state index in [2.05, 4.69) is 24.5 Å². The molecule has 0 N–H and O–H groups in total. The van der Waals surface area contributed by atoms with Crippen molar-refractivity contribution in [2.24, 2.45) is 0 Å². The molecular formula is C8H7ClS2. The summed E-state index contributed by atoms with van der Waals surface area (Å²) in [6.07, 6.45) is 0.832. The van der Waals surface area contributed by atoms with Crippen LogP contribution in [0.3, 0.4) is 0 Å². The SMILES string of the molecule is SCCC#Cc1ccc(Cl)s1. The number of thiophene rings is 1. The lowest BCUT2D eigenvalue weighted by Gasteiger charge is -1.77. The summed E-state index contributed by atoms with van der Waals surface area (Å²) in [4.78, 5) is 1.02. The van der Waals surface area contributed by atoms with Crippen LogP contribution in [0.15, 0.2) is 12.1 Å². The molecule has 0 spiro atoms. The fourth-order valence-electron chi connectivity index (χ4n) is 0.587. The molecule has 0 fully saturated rings. The molecule has 0 unspecified atom stereocenters. The van der Waals surface area contributed by atoms with Gasteiger partial charge in [0, 0.05) is 12.2 Å². The Hall–Kier alpha value is -0.100. The maximum absolute atomic E-state index is 5.71. The third-order valence-corrected chi connectivity index (χ3v) is 2.39. The van der Waals surface area contributed by atoms with Gasteiger partial charge in [-0.05, 0) is 12.1 Å². The van der Waals surface area contributed by atoms with Crippen molar-refractivity contribution >= 4 is 35.6 Å². The van der Waals surface area contributed by atoms with Crippen LogP contribution in [0.2, 0.25) is 4.34 Å². The van der Waals surface area contributed by atoms with Crippen LogP contribution in [0, 0.1) is 11.8 Å². The highest BCUT2D eigenvalue weighted by atomic mass is 35.5. The van der Waals surface area contributed by atoms with Crippen LogP contribution in [-0.4, -0.2) is 5.75 Å². The second-order valence-electron chi connectivity index (χ2n) is 1.88. The Morgan fingerprint density at radius 3 is 2.91 bits per heavy atom. The topological polar surface area (TPSA) is 0 Å². The summed E-state index contributed by atoms with van der Waals surface area (Å²) in [5.74, 6) is 6.80. The molecule has 1 rings (SSSR count). The molecular weight excluding hydrogens is 196 g/mol. The van der Waals surface area contributed by atoms with Crippen molar-refractivity contribution in [1.29, 1.82) is 0 Å². The third kappa shape index (κ3) is 3.20. The normalized spacial score (nSPS) is 8.91. The average molecular weight is 203 g/mol. The molecule has 0 bridgehead atoms. The Labute approximate surface area is 81.0 Å². The summed E-state index contributed by atoms with van der Waals surface area (Å²) >= 11 is 11.3. The van der Waals surface area contributed by atoms with Crippen LogP contribution in [0.25, 0.3) is 0 Å². The largest absolute Gasteiger partial charge is 0.178 e. The molecule has 3 heteroatoms. The zero-order valence-corrected chi connectivity index (χ0v) is 8.27. The van der Waals surface area contributed by atoms with E-state index in [1.807, 2.05) is 12.1 Å². The fraction of sp³-hybridized carbons (Fsp3) is 0.250. The Kier molecular flexibility index (Phi) is 3.85. The zero-order chi connectivity index (χ0) is 8.10. The summed E-state index contributed by atoms with van der Waals surface area (Å²) in [7, 11) is 0. The van der Waals surface area contributed by atoms with Crippen molar-refractivity contribution in [3.8, 4) is 11.8 Å². The number of hydrogen-bond acceptors (Lipinski definition) is 2. The van der Waals surface area contributed by atoms with Gasteiger partial charge in [-0.15, -0.1) is 11.3 Å². The van der Waals surface area contributed by atoms with Crippen molar-refractivity contribution in [3.05, 3.63) is 21.3 Å². The highest BCUT2D eigenvalue weighted by Gasteiger charge is 1.91. The van der Waals surface area contributed by atoms with Gasteiger partial charge in [-0.2, -0.15) is 12.6 Å². The van der Waals surface area contributed by atoms with Crippen LogP contribution in [0.4, 0.5) is 0 Å². The van der Waals surface area contributed by atoms with Gasteiger partial charge in [-0.3, -0.25) is 0 Å². The second kappa shape index (κ2) is 4.71. The first kappa shape index (κ1) is 8.99. The van der Waals surface area contributed by atoms with Gasteiger partial charge >= 0.3 is 0 Å². The molecule has 0 radical (unpaired) electrons. The predicted octanol–water partition coefficient (Wildman–Crippen LogP) is 3.07. The molecule has 0 saturated heterocycles. The monoisotopic (exact) mass is 202 g/mol.